The Kier molecular flexibility index (Phi) is 5.17. The predicted octanol–water partition coefficient (Wildman–Crippen LogP) is 4.82. The molecule has 1 aromatic carbocycles. The molecule has 3 rings (SSSR count). The van der Waals surface area contributed by atoms with E-state index in [1.54, 1.807) is 0 Å². The minimum absolute atomic E-state index is 0.241. The lowest BCUT2D eigenvalue weighted by Crippen LogP contribution is -2.36. The van der Waals surface area contributed by atoms with Crippen LogP contribution in [-0.2, 0) is 6.42 Å². The Morgan fingerprint density at radius 2 is 2.21 bits per heavy atom. The molecule has 2 nitrogen and oxygen atoms in total. The first kappa shape index (κ1) is 16.5. The van der Waals surface area contributed by atoms with Gasteiger partial charge in [0, 0.05) is 12.5 Å². The largest absolute Gasteiger partial charge is 0.354 e. The zero-order valence-corrected chi connectivity index (χ0v) is 14.6. The minimum Gasteiger partial charge on any atom is -0.354 e. The number of hydrogen-bond donors (Lipinski definition) is 1. The van der Waals surface area contributed by atoms with Gasteiger partial charge in [0.15, 0.2) is 0 Å². The van der Waals surface area contributed by atoms with Crippen LogP contribution >= 0.6 is 0 Å². The van der Waals surface area contributed by atoms with Crippen LogP contribution in [0.5, 0.6) is 0 Å². The molecule has 1 unspecified atom stereocenters. The van der Waals surface area contributed by atoms with Crippen molar-refractivity contribution in [2.45, 2.75) is 39.2 Å². The Morgan fingerprint density at radius 1 is 1.33 bits per heavy atom. The number of amidine groups is 1. The number of nitrogens with one attached hydrogen (secondary N) is 1. The average Bonchev–Trinajstić information content (AvgIpc) is 2.77. The van der Waals surface area contributed by atoms with Crippen LogP contribution in [0.2, 0.25) is 0 Å². The summed E-state index contributed by atoms with van der Waals surface area (Å²) in [5, 5.41) is 8.61. The summed E-state index contributed by atoms with van der Waals surface area (Å²) < 4.78 is 0. The fourth-order valence-corrected chi connectivity index (χ4v) is 3.59. The third kappa shape index (κ3) is 3.77. The van der Waals surface area contributed by atoms with Crippen molar-refractivity contribution in [1.82, 2.24) is 4.90 Å². The number of likely N-dealkylation sites (tertiary alicyclic amines) is 1. The first-order chi connectivity index (χ1) is 11.6. The number of rotatable bonds is 5. The van der Waals surface area contributed by atoms with Crippen molar-refractivity contribution >= 4 is 5.84 Å². The van der Waals surface area contributed by atoms with Crippen molar-refractivity contribution < 1.29 is 0 Å². The molecule has 1 aromatic rings. The molecule has 1 fully saturated rings. The van der Waals surface area contributed by atoms with Crippen LogP contribution in [0.15, 0.2) is 65.9 Å². The molecule has 2 atom stereocenters. The van der Waals surface area contributed by atoms with E-state index in [0.29, 0.717) is 5.92 Å². The van der Waals surface area contributed by atoms with Crippen molar-refractivity contribution in [2.24, 2.45) is 5.92 Å². The van der Waals surface area contributed by atoms with E-state index >= 15 is 0 Å². The van der Waals surface area contributed by atoms with Crippen molar-refractivity contribution in [2.75, 3.05) is 6.54 Å². The van der Waals surface area contributed by atoms with Gasteiger partial charge in [-0.1, -0.05) is 48.1 Å². The molecule has 2 aliphatic rings. The lowest BCUT2D eigenvalue weighted by atomic mass is 9.97. The summed E-state index contributed by atoms with van der Waals surface area (Å²) in [6.45, 7) is 5.32. The van der Waals surface area contributed by atoms with E-state index in [1.807, 2.05) is 18.2 Å². The molecule has 1 heterocycles. The van der Waals surface area contributed by atoms with Crippen LogP contribution in [0.3, 0.4) is 0 Å². The van der Waals surface area contributed by atoms with Crippen molar-refractivity contribution in [1.29, 1.82) is 5.41 Å². The quantitative estimate of drug-likeness (QED) is 0.774. The molecular formula is C22H26N2. The summed E-state index contributed by atoms with van der Waals surface area (Å²) in [7, 11) is 0. The Bertz CT molecular complexity index is 732. The van der Waals surface area contributed by atoms with Crippen LogP contribution in [0.1, 0.15) is 30.9 Å². The average molecular weight is 318 g/mol. The van der Waals surface area contributed by atoms with Crippen molar-refractivity contribution in [3.63, 3.8) is 0 Å². The SMILES string of the molecule is Cc1cccc(CCC2CCN([C@@H](C)C3=CC=CC=C=C3)C2=N)c1. The van der Waals surface area contributed by atoms with Gasteiger partial charge in [0.2, 0.25) is 0 Å². The summed E-state index contributed by atoms with van der Waals surface area (Å²) in [6.07, 6.45) is 13.4. The van der Waals surface area contributed by atoms with Gasteiger partial charge in [-0.2, -0.15) is 0 Å². The molecule has 1 saturated heterocycles. The smallest absolute Gasteiger partial charge is 0.0995 e. The molecule has 0 aromatic heterocycles. The van der Waals surface area contributed by atoms with Gasteiger partial charge in [0.25, 0.3) is 0 Å². The van der Waals surface area contributed by atoms with Gasteiger partial charge in [0.05, 0.1) is 11.9 Å². The second-order valence-corrected chi connectivity index (χ2v) is 6.80. The lowest BCUT2D eigenvalue weighted by molar-refractivity contribution is 0.396. The fraction of sp³-hybridized carbons (Fsp3) is 0.364. The second kappa shape index (κ2) is 7.51. The summed E-state index contributed by atoms with van der Waals surface area (Å²) in [4.78, 5) is 2.25. The van der Waals surface area contributed by atoms with Crippen molar-refractivity contribution in [3.05, 3.63) is 77.1 Å². The molecule has 2 heteroatoms. The van der Waals surface area contributed by atoms with E-state index in [9.17, 15) is 0 Å². The summed E-state index contributed by atoms with van der Waals surface area (Å²) in [5.74, 6) is 1.19. The van der Waals surface area contributed by atoms with Crippen LogP contribution < -0.4 is 0 Å². The Labute approximate surface area is 145 Å². The molecule has 0 bridgehead atoms. The molecule has 1 aliphatic heterocycles. The summed E-state index contributed by atoms with van der Waals surface area (Å²) in [6, 6.07) is 8.97. The maximum Gasteiger partial charge on any atom is 0.0995 e. The Hall–Kier alpha value is -2.31. The Morgan fingerprint density at radius 3 is 3.04 bits per heavy atom. The summed E-state index contributed by atoms with van der Waals surface area (Å²) >= 11 is 0. The van der Waals surface area contributed by atoms with E-state index in [4.69, 9.17) is 5.41 Å². The van der Waals surface area contributed by atoms with E-state index in [0.717, 1.165) is 31.6 Å². The standard InChI is InChI=1S/C22H26N2/c1-17-8-7-9-19(16-17)12-13-21-14-15-24(22(21)23)18(2)20-10-5-3-4-6-11-20/h3-5,7-11,16,18,21,23H,12-15H2,1-2H3/t18-,21?/m0/s1. The fourth-order valence-electron chi connectivity index (χ4n) is 3.59. The van der Waals surface area contributed by atoms with Gasteiger partial charge >= 0.3 is 0 Å². The highest BCUT2D eigenvalue weighted by Crippen LogP contribution is 2.27. The maximum atomic E-state index is 8.61. The topological polar surface area (TPSA) is 27.1 Å². The monoisotopic (exact) mass is 318 g/mol. The van der Waals surface area contributed by atoms with Gasteiger partial charge in [0.1, 0.15) is 0 Å². The molecule has 0 radical (unpaired) electrons. The minimum atomic E-state index is 0.241. The van der Waals surface area contributed by atoms with E-state index in [1.165, 1.54) is 16.7 Å². The van der Waals surface area contributed by atoms with Gasteiger partial charge in [-0.15, -0.1) is 5.73 Å². The maximum absolute atomic E-state index is 8.61. The van der Waals surface area contributed by atoms with E-state index in [-0.39, 0.29) is 6.04 Å². The molecule has 24 heavy (non-hydrogen) atoms. The number of allylic oxidation sites excluding steroid dienone is 3. The van der Waals surface area contributed by atoms with Crippen LogP contribution in [0, 0.1) is 18.3 Å². The number of nitrogens with zero attached hydrogens (tertiary/aromatic N) is 1. The highest BCUT2D eigenvalue weighted by atomic mass is 15.2. The van der Waals surface area contributed by atoms with Crippen LogP contribution in [0.25, 0.3) is 0 Å². The van der Waals surface area contributed by atoms with Crippen LogP contribution in [0.4, 0.5) is 0 Å². The highest BCUT2D eigenvalue weighted by Gasteiger charge is 2.31. The van der Waals surface area contributed by atoms with Crippen LogP contribution in [-0.4, -0.2) is 23.3 Å². The molecular weight excluding hydrogens is 292 g/mol. The Balaban J connectivity index is 1.61. The molecule has 1 aliphatic carbocycles. The van der Waals surface area contributed by atoms with Gasteiger partial charge < -0.3 is 4.90 Å². The third-order valence-electron chi connectivity index (χ3n) is 5.07. The lowest BCUT2D eigenvalue weighted by Gasteiger charge is -2.28. The molecule has 0 saturated carbocycles. The van der Waals surface area contributed by atoms with E-state index in [2.05, 4.69) is 60.9 Å². The molecule has 1 N–H and O–H groups in total. The molecule has 0 amide bonds. The first-order valence-corrected chi connectivity index (χ1v) is 8.85. The zero-order chi connectivity index (χ0) is 16.9. The highest BCUT2D eigenvalue weighted by molar-refractivity contribution is 5.84. The first-order valence-electron chi connectivity index (χ1n) is 8.85. The number of benzene rings is 1. The predicted molar refractivity (Wildman–Crippen MR) is 101 cm³/mol. The third-order valence-corrected chi connectivity index (χ3v) is 5.07. The van der Waals surface area contributed by atoms with Gasteiger partial charge in [-0.3, -0.25) is 5.41 Å². The number of aryl methyl sites for hydroxylation is 2. The number of hydrogen-bond acceptors (Lipinski definition) is 1. The summed E-state index contributed by atoms with van der Waals surface area (Å²) in [5.41, 5.74) is 7.11. The van der Waals surface area contributed by atoms with Crippen molar-refractivity contribution in [3.8, 4) is 0 Å². The zero-order valence-electron chi connectivity index (χ0n) is 14.6. The van der Waals surface area contributed by atoms with E-state index < -0.39 is 0 Å². The molecule has 124 valence electrons. The molecule has 0 spiro atoms. The van der Waals surface area contributed by atoms with Gasteiger partial charge in [-0.05, 0) is 56.4 Å². The second-order valence-electron chi connectivity index (χ2n) is 6.80. The normalized spacial score (nSPS) is 21.1. The van der Waals surface area contributed by atoms with Gasteiger partial charge in [-0.25, -0.2) is 0 Å².